The van der Waals surface area contributed by atoms with E-state index in [9.17, 15) is 14.7 Å². The molecule has 4 aromatic rings. The molecule has 1 fully saturated rings. The Hall–Kier alpha value is -3.97. The summed E-state index contributed by atoms with van der Waals surface area (Å²) in [7, 11) is 0. The Labute approximate surface area is 200 Å². The number of nitrogens with zero attached hydrogens (tertiary/aromatic N) is 2. The van der Waals surface area contributed by atoms with Gasteiger partial charge in [-0.15, -0.1) is 0 Å². The Kier molecular flexibility index (Phi) is 5.63. The van der Waals surface area contributed by atoms with Gasteiger partial charge in [-0.05, 0) is 37.6 Å². The first-order valence-electron chi connectivity index (χ1n) is 10.9. The van der Waals surface area contributed by atoms with Crippen molar-refractivity contribution in [1.82, 2.24) is 4.98 Å². The van der Waals surface area contributed by atoms with Gasteiger partial charge in [-0.3, -0.25) is 14.5 Å². The van der Waals surface area contributed by atoms with Gasteiger partial charge in [0, 0.05) is 5.56 Å². The number of carbonyl (C=O) groups is 2. The van der Waals surface area contributed by atoms with Crippen LogP contribution in [0.25, 0.3) is 16.0 Å². The van der Waals surface area contributed by atoms with E-state index in [2.05, 4.69) is 4.98 Å². The number of aliphatic hydroxyl groups is 1. The molecule has 5 rings (SSSR count). The second-order valence-corrected chi connectivity index (χ2v) is 9.01. The summed E-state index contributed by atoms with van der Waals surface area (Å²) in [4.78, 5) is 32.6. The number of ketones is 1. The molecule has 6 nitrogen and oxygen atoms in total. The van der Waals surface area contributed by atoms with Crippen molar-refractivity contribution >= 4 is 44.1 Å². The Balaban J connectivity index is 1.68. The van der Waals surface area contributed by atoms with Gasteiger partial charge in [-0.25, -0.2) is 4.98 Å². The maximum absolute atomic E-state index is 13.3. The van der Waals surface area contributed by atoms with Crippen molar-refractivity contribution in [1.29, 1.82) is 0 Å². The Morgan fingerprint density at radius 1 is 1.06 bits per heavy atom. The Morgan fingerprint density at radius 3 is 2.50 bits per heavy atom. The van der Waals surface area contributed by atoms with E-state index in [4.69, 9.17) is 4.74 Å². The van der Waals surface area contributed by atoms with Crippen LogP contribution >= 0.6 is 11.3 Å². The first kappa shape index (κ1) is 21.9. The topological polar surface area (TPSA) is 79.7 Å². The molecule has 34 heavy (non-hydrogen) atoms. The minimum absolute atomic E-state index is 0.0503. The van der Waals surface area contributed by atoms with Gasteiger partial charge in [0.1, 0.15) is 11.5 Å². The standard InChI is InChI=1S/C27H22N2O4S/c1-3-33-19-13-14-20-21(15-19)34-27(28-20)29-23(17-7-5-4-6-8-17)22(25(31)26(29)32)24(30)18-11-9-16(2)10-12-18/h4-15,23,30H,3H2,1-2H3/t23-/m0/s1. The number of anilines is 1. The fourth-order valence-electron chi connectivity index (χ4n) is 4.10. The predicted molar refractivity (Wildman–Crippen MR) is 133 cm³/mol. The molecule has 1 aliphatic rings. The van der Waals surface area contributed by atoms with Gasteiger partial charge in [-0.1, -0.05) is 71.5 Å². The zero-order valence-electron chi connectivity index (χ0n) is 18.7. The van der Waals surface area contributed by atoms with E-state index >= 15 is 0 Å². The summed E-state index contributed by atoms with van der Waals surface area (Å²) in [5.41, 5.74) is 2.97. The van der Waals surface area contributed by atoms with E-state index < -0.39 is 17.7 Å². The molecule has 170 valence electrons. The van der Waals surface area contributed by atoms with E-state index in [1.54, 1.807) is 12.1 Å². The van der Waals surface area contributed by atoms with Gasteiger partial charge in [-0.2, -0.15) is 0 Å². The van der Waals surface area contributed by atoms with E-state index in [0.29, 0.717) is 34.1 Å². The molecule has 2 heterocycles. The SMILES string of the molecule is CCOc1ccc2nc(N3C(=O)C(=O)C(=C(O)c4ccc(C)cc4)[C@@H]3c3ccccc3)sc2c1. The number of ether oxygens (including phenoxy) is 1. The highest BCUT2D eigenvalue weighted by Crippen LogP contribution is 2.44. The summed E-state index contributed by atoms with van der Waals surface area (Å²) in [6.07, 6.45) is 0. The van der Waals surface area contributed by atoms with Crippen LogP contribution in [0.3, 0.4) is 0 Å². The van der Waals surface area contributed by atoms with Crippen LogP contribution in [0, 0.1) is 6.92 Å². The molecule has 0 bridgehead atoms. The summed E-state index contributed by atoms with van der Waals surface area (Å²) in [6, 6.07) is 21.2. The van der Waals surface area contributed by atoms with Crippen molar-refractivity contribution in [2.75, 3.05) is 11.5 Å². The number of amides is 1. The maximum atomic E-state index is 13.3. The van der Waals surface area contributed by atoms with E-state index in [-0.39, 0.29) is 11.3 Å². The molecule has 1 aliphatic heterocycles. The van der Waals surface area contributed by atoms with Crippen LogP contribution in [0.4, 0.5) is 5.13 Å². The zero-order valence-corrected chi connectivity index (χ0v) is 19.5. The van der Waals surface area contributed by atoms with Gasteiger partial charge >= 0.3 is 5.91 Å². The summed E-state index contributed by atoms with van der Waals surface area (Å²) < 4.78 is 6.43. The average molecular weight is 471 g/mol. The van der Waals surface area contributed by atoms with Crippen LogP contribution in [0.1, 0.15) is 29.7 Å². The fraction of sp³-hybridized carbons (Fsp3) is 0.148. The molecule has 1 saturated heterocycles. The van der Waals surface area contributed by atoms with Gasteiger partial charge in [0.15, 0.2) is 5.13 Å². The Morgan fingerprint density at radius 2 is 1.79 bits per heavy atom. The highest BCUT2D eigenvalue weighted by molar-refractivity contribution is 7.22. The molecule has 0 unspecified atom stereocenters. The lowest BCUT2D eigenvalue weighted by Crippen LogP contribution is -2.29. The van der Waals surface area contributed by atoms with Crippen molar-refractivity contribution in [3.8, 4) is 5.75 Å². The predicted octanol–water partition coefficient (Wildman–Crippen LogP) is 5.63. The minimum Gasteiger partial charge on any atom is -0.507 e. The molecule has 1 aromatic heterocycles. The van der Waals surface area contributed by atoms with Crippen molar-refractivity contribution in [3.63, 3.8) is 0 Å². The lowest BCUT2D eigenvalue weighted by Gasteiger charge is -2.22. The molecule has 0 aliphatic carbocycles. The Bertz CT molecular complexity index is 1420. The van der Waals surface area contributed by atoms with Crippen molar-refractivity contribution in [2.45, 2.75) is 19.9 Å². The molecular weight excluding hydrogens is 448 g/mol. The number of rotatable bonds is 5. The number of Topliss-reactive ketones (excluding diaryl/α,β-unsaturated/α-hetero) is 1. The molecule has 7 heteroatoms. The van der Waals surface area contributed by atoms with Crippen LogP contribution in [0.15, 0.2) is 78.4 Å². The number of aromatic nitrogens is 1. The normalized spacial score (nSPS) is 17.5. The molecule has 1 amide bonds. The van der Waals surface area contributed by atoms with E-state index in [1.807, 2.05) is 74.5 Å². The van der Waals surface area contributed by atoms with Crippen molar-refractivity contribution < 1.29 is 19.4 Å². The second-order valence-electron chi connectivity index (χ2n) is 8.00. The van der Waals surface area contributed by atoms with Crippen LogP contribution in [0.5, 0.6) is 5.75 Å². The molecule has 3 aromatic carbocycles. The average Bonchev–Trinajstić information content (AvgIpc) is 3.38. The number of hydrogen-bond acceptors (Lipinski definition) is 6. The third kappa shape index (κ3) is 3.74. The first-order valence-corrected chi connectivity index (χ1v) is 11.8. The lowest BCUT2D eigenvalue weighted by molar-refractivity contribution is -0.132. The minimum atomic E-state index is -0.797. The number of hydrogen-bond donors (Lipinski definition) is 1. The number of benzene rings is 3. The van der Waals surface area contributed by atoms with Crippen molar-refractivity contribution in [2.24, 2.45) is 0 Å². The number of aryl methyl sites for hydroxylation is 1. The quantitative estimate of drug-likeness (QED) is 0.232. The van der Waals surface area contributed by atoms with Gasteiger partial charge in [0.2, 0.25) is 0 Å². The van der Waals surface area contributed by atoms with E-state index in [0.717, 1.165) is 10.3 Å². The third-order valence-corrected chi connectivity index (χ3v) is 6.77. The molecule has 1 atom stereocenters. The third-order valence-electron chi connectivity index (χ3n) is 5.75. The molecule has 0 saturated carbocycles. The number of thiazole rings is 1. The first-order chi connectivity index (χ1) is 16.5. The van der Waals surface area contributed by atoms with E-state index in [1.165, 1.54) is 16.2 Å². The highest BCUT2D eigenvalue weighted by atomic mass is 32.1. The van der Waals surface area contributed by atoms with Crippen molar-refractivity contribution in [3.05, 3.63) is 95.1 Å². The number of carbonyl (C=O) groups excluding carboxylic acids is 2. The summed E-state index contributed by atoms with van der Waals surface area (Å²) in [5.74, 6) is -0.937. The fourth-order valence-corrected chi connectivity index (χ4v) is 5.12. The largest absolute Gasteiger partial charge is 0.507 e. The van der Waals surface area contributed by atoms with Gasteiger partial charge < -0.3 is 9.84 Å². The lowest BCUT2D eigenvalue weighted by atomic mass is 9.95. The van der Waals surface area contributed by atoms with Crippen LogP contribution in [0.2, 0.25) is 0 Å². The summed E-state index contributed by atoms with van der Waals surface area (Å²) in [6.45, 7) is 4.39. The number of fused-ring (bicyclic) bond motifs is 1. The van der Waals surface area contributed by atoms with Crippen LogP contribution < -0.4 is 9.64 Å². The highest BCUT2D eigenvalue weighted by Gasteiger charge is 2.48. The van der Waals surface area contributed by atoms with Gasteiger partial charge in [0.25, 0.3) is 5.78 Å². The van der Waals surface area contributed by atoms with Crippen LogP contribution in [-0.4, -0.2) is 28.4 Å². The summed E-state index contributed by atoms with van der Waals surface area (Å²) in [5, 5.41) is 11.6. The molecule has 1 N–H and O–H groups in total. The number of aliphatic hydroxyl groups excluding tert-OH is 1. The second kappa shape index (κ2) is 8.76. The molecule has 0 radical (unpaired) electrons. The molecular formula is C27H22N2O4S. The molecule has 0 spiro atoms. The van der Waals surface area contributed by atoms with Crippen LogP contribution in [-0.2, 0) is 9.59 Å². The smallest absolute Gasteiger partial charge is 0.301 e. The summed E-state index contributed by atoms with van der Waals surface area (Å²) >= 11 is 1.31. The van der Waals surface area contributed by atoms with Gasteiger partial charge in [0.05, 0.1) is 28.4 Å². The zero-order chi connectivity index (χ0) is 23.8. The maximum Gasteiger partial charge on any atom is 0.301 e. The monoisotopic (exact) mass is 470 g/mol.